The zero-order chi connectivity index (χ0) is 93.7. The topological polar surface area (TPSA) is 443 Å². The van der Waals surface area contributed by atoms with Crippen molar-refractivity contribution in [3.05, 3.63) is 0 Å². The Morgan fingerprint density at radius 1 is 0.379 bits per heavy atom. The third kappa shape index (κ3) is 47.5. The largest absolute Gasteiger partial charge is 0.448 e. The number of amidine groups is 1. The molecule has 40 nitrogen and oxygen atoms in total. The second-order valence-corrected chi connectivity index (χ2v) is 32.4. The first-order valence-electron chi connectivity index (χ1n) is 43.5. The summed E-state index contributed by atoms with van der Waals surface area (Å²) in [6.45, 7) is 27.2. The summed E-state index contributed by atoms with van der Waals surface area (Å²) in [5.41, 5.74) is 1.28. The van der Waals surface area contributed by atoms with Crippen LogP contribution in [-0.4, -0.2) is 398 Å². The lowest BCUT2D eigenvalue weighted by Crippen LogP contribution is -2.31. The summed E-state index contributed by atoms with van der Waals surface area (Å²) in [4.78, 5) is 164. The Labute approximate surface area is 735 Å². The maximum absolute atomic E-state index is 11.4. The first-order valence-corrected chi connectivity index (χ1v) is 43.5. The molecular formula is C84H150N18O22. The summed E-state index contributed by atoms with van der Waals surface area (Å²) in [5, 5.41) is 25.2. The third-order valence-corrected chi connectivity index (χ3v) is 20.7. The number of rotatable bonds is 19. The van der Waals surface area contributed by atoms with Crippen molar-refractivity contribution in [2.75, 3.05) is 190 Å². The van der Waals surface area contributed by atoms with E-state index in [1.54, 1.807) is 149 Å². The van der Waals surface area contributed by atoms with Crippen LogP contribution < -0.4 is 5.32 Å². The fourth-order valence-electron chi connectivity index (χ4n) is 12.5. The van der Waals surface area contributed by atoms with E-state index >= 15 is 0 Å². The number of carbonyl (C=O) groups excluding carboxylic acids is 13. The number of hydrogen-bond acceptors (Lipinski definition) is 26. The highest BCUT2D eigenvalue weighted by molar-refractivity contribution is 5.85. The minimum absolute atomic E-state index is 0.0113. The molecule has 0 aromatic rings. The van der Waals surface area contributed by atoms with Gasteiger partial charge in [-0.25, -0.2) is 47.9 Å². The highest BCUT2D eigenvalue weighted by Crippen LogP contribution is 2.20. The summed E-state index contributed by atoms with van der Waals surface area (Å²) < 4.78 is 44.2. The Kier molecular flexibility index (Phi) is 55.7. The number of carbonyl (C=O) groups is 13. The lowest BCUT2D eigenvalue weighted by atomic mass is 10.1. The van der Waals surface area contributed by atoms with Gasteiger partial charge in [0, 0.05) is 168 Å². The quantitative estimate of drug-likeness (QED) is 0.0468. The van der Waals surface area contributed by atoms with E-state index in [9.17, 15) is 62.3 Å². The third-order valence-electron chi connectivity index (χ3n) is 20.7. The van der Waals surface area contributed by atoms with Gasteiger partial charge in [0.15, 0.2) is 0 Å². The van der Waals surface area contributed by atoms with Crippen LogP contribution in [0.4, 0.5) is 47.9 Å². The summed E-state index contributed by atoms with van der Waals surface area (Å²) >= 11 is 0. The van der Waals surface area contributed by atoms with E-state index in [2.05, 4.69) is 28.9 Å². The van der Waals surface area contributed by atoms with E-state index < -0.39 is 0 Å². The van der Waals surface area contributed by atoms with Gasteiger partial charge in [0.25, 0.3) is 0 Å². The molecule has 0 spiro atoms. The van der Waals surface area contributed by atoms with E-state index in [0.717, 1.165) is 168 Å². The lowest BCUT2D eigenvalue weighted by Gasteiger charge is -2.21. The van der Waals surface area contributed by atoms with Crippen molar-refractivity contribution in [3.63, 3.8) is 0 Å². The molecule has 124 heavy (non-hydrogen) atoms. The van der Waals surface area contributed by atoms with Crippen molar-refractivity contribution in [2.24, 2.45) is 4.99 Å². The molecule has 13 saturated heterocycles. The number of cyclic esters (lactones) is 9. The van der Waals surface area contributed by atoms with Gasteiger partial charge in [0.1, 0.15) is 67.1 Å². The van der Waals surface area contributed by atoms with E-state index in [1.165, 1.54) is 25.7 Å². The average Bonchev–Trinajstić information content (AvgIpc) is 1.57. The summed E-state index contributed by atoms with van der Waals surface area (Å²) in [7, 11) is 23.1. The minimum Gasteiger partial charge on any atom is -0.448 e. The fraction of sp³-hybridized carbons (Fsp3) is 0.798. The van der Waals surface area contributed by atoms with Gasteiger partial charge in [0.2, 0.25) is 18.0 Å². The molecule has 13 fully saturated rings. The molecule has 0 saturated carbocycles. The number of piperidine rings is 1. The van der Waals surface area contributed by atoms with Crippen LogP contribution in [0.5, 0.6) is 0 Å². The van der Waals surface area contributed by atoms with E-state index in [4.69, 9.17) is 54.0 Å². The monoisotopic (exact) mass is 1760 g/mol. The van der Waals surface area contributed by atoms with Gasteiger partial charge in [-0.3, -0.25) is 14.4 Å². The molecule has 13 aliphatic heterocycles. The number of likely N-dealkylation sites (tertiary alicyclic amines) is 3. The first kappa shape index (κ1) is 112. The number of amides is 13. The van der Waals surface area contributed by atoms with Crippen LogP contribution in [0.3, 0.4) is 0 Å². The Balaban J connectivity index is 0.000000675. The summed E-state index contributed by atoms with van der Waals surface area (Å²) in [6.07, 6.45) is 21.5. The number of nitrogens with zero attached hydrogens (tertiary/aromatic N) is 15. The van der Waals surface area contributed by atoms with Gasteiger partial charge in [-0.15, -0.1) is 0 Å². The molecule has 40 heteroatoms. The number of aliphatic imine (C=N–C) groups is 1. The van der Waals surface area contributed by atoms with E-state index in [-0.39, 0.29) is 115 Å². The Morgan fingerprint density at radius 3 is 0.935 bits per heavy atom. The van der Waals surface area contributed by atoms with Crippen LogP contribution in [-0.2, 0) is 57.0 Å². The molecule has 708 valence electrons. The van der Waals surface area contributed by atoms with Crippen molar-refractivity contribution >= 4 is 95.7 Å². The van der Waals surface area contributed by atoms with Crippen molar-refractivity contribution in [2.45, 2.75) is 252 Å². The minimum atomic E-state index is -0.277. The normalized spacial score (nSPS) is 23.3. The van der Waals surface area contributed by atoms with Gasteiger partial charge in [-0.2, -0.15) is 10.3 Å². The number of ketones is 1. The van der Waals surface area contributed by atoms with Crippen LogP contribution in [0.2, 0.25) is 0 Å². The Bertz CT molecular complexity index is 3230. The maximum Gasteiger partial charge on any atom is 0.409 e. The molecule has 13 amide bonds. The number of nitrogens with one attached hydrogen (secondary N) is 3. The fourth-order valence-corrected chi connectivity index (χ4v) is 12.5. The molecule has 8 atom stereocenters. The standard InChI is InChI=1S/C11H19NO3.C9H17NO2.2C8H14N2O2.C6H9N3.3C6H11NO2.C6H11NO.C5H9NO2.C5H9NO.C4H8N2O.C4H7NO2/c1-3-4-5-9(13)6-7-10-8-12(2)11(14)15-10;1-3-4-5-6-8-7-10(2)9(11)12-8;2*1-6(9)3-4-7-5-10(2)8(11)12-7;1-9-4-2-3-6(9)8-5-7;3*1-3-5-4-7(2)6(8)9-5;1-7-5-3-2-4-6(7)8;1-4-3-6(2)5(7)8-4;1-6-4-2-3-5(6)7;1-6-3-2-5-4(6)7;1-5-2-3-7-4(5)6/h10H,3-8H2,1-2H3;8H,3-7H2,1-2H3;2*7,9H,3-5H2,1-2H3;2-4H2,1H3;3*5H,3-4H2,1-2H3;2-5H2,1H3;4H,3H2,1-2H3;2-4H2,1H3;2-3H2,1H3,(H,5,7);2-3H2,1H3/t10-;8-;2*7-;;3*5-;;4-;;;/m1110.110.1.../s1. The molecule has 13 rings (SSSR count). The zero-order valence-corrected chi connectivity index (χ0v) is 78.2. The molecule has 0 aliphatic carbocycles. The van der Waals surface area contributed by atoms with Crippen LogP contribution in [0, 0.1) is 22.3 Å². The smallest absolute Gasteiger partial charge is 0.409 e. The number of hydrogen-bond donors (Lipinski definition) is 3. The average molecular weight is 1760 g/mol. The highest BCUT2D eigenvalue weighted by atomic mass is 16.6. The van der Waals surface area contributed by atoms with Crippen LogP contribution in [0.1, 0.15) is 203 Å². The summed E-state index contributed by atoms with van der Waals surface area (Å²) in [5.74, 6) is 1.80. The second kappa shape index (κ2) is 61.8. The molecule has 0 aromatic carbocycles. The Morgan fingerprint density at radius 2 is 0.726 bits per heavy atom. The molecule has 0 bridgehead atoms. The molecule has 0 radical (unpaired) electrons. The molecule has 0 aromatic heterocycles. The molecule has 0 unspecified atom stereocenters. The molecular weight excluding hydrogens is 1610 g/mol. The van der Waals surface area contributed by atoms with E-state index in [1.807, 2.05) is 53.7 Å². The van der Waals surface area contributed by atoms with Gasteiger partial charge < -0.3 is 122 Å². The lowest BCUT2D eigenvalue weighted by molar-refractivity contribution is -0.131. The van der Waals surface area contributed by atoms with Gasteiger partial charge in [-0.1, -0.05) is 53.9 Å². The van der Waals surface area contributed by atoms with Crippen molar-refractivity contribution in [3.8, 4) is 6.19 Å². The van der Waals surface area contributed by atoms with Gasteiger partial charge in [-0.05, 0) is 117 Å². The predicted molar refractivity (Wildman–Crippen MR) is 466 cm³/mol. The molecule has 13 aliphatic rings. The highest BCUT2D eigenvalue weighted by Gasteiger charge is 2.33. The van der Waals surface area contributed by atoms with E-state index in [0.29, 0.717) is 81.6 Å². The SMILES string of the molecule is CC(=N)CC[C@@H]1CN(C)C(=O)O1.CC(=N)CC[C@H]1CN(C)C(=O)O1.CCCCC(=O)CC[C@@H]1CN(C)C(=O)O1.CCCCC[C@@H]1CN(C)C(=O)O1.CC[C@@H]1CN(C)C(=O)O1.CC[C@@H]1CN(C)C(=O)O1.CC[C@H]1CN(C)C(=O)O1.CN1CCCC1=NC#N.CN1CCCC1=O.CN1CCCCC1=O.CN1CCNC1=O.CN1CCOC1=O.C[C@@H]1CN(C)C(=O)O1. The summed E-state index contributed by atoms with van der Waals surface area (Å²) in [6, 6.07) is 0.0417. The zero-order valence-electron chi connectivity index (χ0n) is 78.2. The number of nitriles is 1. The van der Waals surface area contributed by atoms with Crippen molar-refractivity contribution in [1.29, 1.82) is 16.1 Å². The molecule has 3 N–H and O–H groups in total. The van der Waals surface area contributed by atoms with Crippen molar-refractivity contribution in [1.82, 2.24) is 69.0 Å². The van der Waals surface area contributed by atoms with Gasteiger partial charge in [0.05, 0.1) is 58.9 Å². The number of urea groups is 1. The number of likely N-dealkylation sites (N-methyl/N-ethyl adjacent to an activating group) is 10. The molecule has 13 heterocycles. The van der Waals surface area contributed by atoms with Gasteiger partial charge >= 0.3 is 60.9 Å². The number of ether oxygens (including phenoxy) is 9. The predicted octanol–water partition coefficient (Wildman–Crippen LogP) is 10.7. The maximum atomic E-state index is 11.4. The van der Waals surface area contributed by atoms with Crippen LogP contribution in [0.15, 0.2) is 4.99 Å². The number of unbranched alkanes of at least 4 members (excludes halogenated alkanes) is 3. The number of Topliss-reactive ketones (excluding diaryl/α,β-unsaturated/α-hetero) is 1. The van der Waals surface area contributed by atoms with Crippen LogP contribution >= 0.6 is 0 Å². The van der Waals surface area contributed by atoms with Crippen LogP contribution in [0.25, 0.3) is 0 Å². The van der Waals surface area contributed by atoms with Crippen molar-refractivity contribution < 1.29 is 105 Å². The first-order chi connectivity index (χ1) is 58.5. The Hall–Kier alpha value is -10.4. The second-order valence-electron chi connectivity index (χ2n) is 32.4.